The molecule has 1 saturated heterocycles. The van der Waals surface area contributed by atoms with Crippen LogP contribution in [0.5, 0.6) is 0 Å². The number of nitrogens with zero attached hydrogens (tertiary/aromatic N) is 2. The van der Waals surface area contributed by atoms with Crippen LogP contribution in [0.3, 0.4) is 0 Å². The monoisotopic (exact) mass is 247 g/mol. The van der Waals surface area contributed by atoms with Gasteiger partial charge in [-0.2, -0.15) is 5.10 Å². The molecule has 1 amide bonds. The second-order valence-corrected chi connectivity index (χ2v) is 4.57. The van der Waals surface area contributed by atoms with Crippen molar-refractivity contribution < 1.29 is 9.69 Å². The van der Waals surface area contributed by atoms with E-state index in [1.54, 1.807) is 18.6 Å². The van der Waals surface area contributed by atoms with Crippen LogP contribution in [0.1, 0.15) is 24.8 Å². The zero-order valence-electron chi connectivity index (χ0n) is 10.4. The Morgan fingerprint density at radius 3 is 3.00 bits per heavy atom. The van der Waals surface area contributed by atoms with E-state index in [9.17, 15) is 4.79 Å². The van der Waals surface area contributed by atoms with Crippen molar-refractivity contribution in [3.8, 4) is 0 Å². The van der Waals surface area contributed by atoms with Gasteiger partial charge in [-0.3, -0.25) is 9.78 Å². The zero-order chi connectivity index (χ0) is 12.6. The maximum Gasteiger partial charge on any atom is 0.295 e. The van der Waals surface area contributed by atoms with Crippen LogP contribution in [0.25, 0.3) is 0 Å². The van der Waals surface area contributed by atoms with Gasteiger partial charge in [0.25, 0.3) is 5.91 Å². The number of quaternary nitrogens is 1. The van der Waals surface area contributed by atoms with E-state index in [1.165, 1.54) is 24.2 Å². The molecule has 1 aliphatic rings. The first-order valence-electron chi connectivity index (χ1n) is 6.40. The Morgan fingerprint density at radius 1 is 1.44 bits per heavy atom. The second kappa shape index (κ2) is 6.86. The summed E-state index contributed by atoms with van der Waals surface area (Å²) in [6, 6.07) is 3.72. The summed E-state index contributed by atoms with van der Waals surface area (Å²) in [6.45, 7) is 2.71. The number of aromatic nitrogens is 1. The molecular formula is C13H19N4O+. The molecule has 0 spiro atoms. The van der Waals surface area contributed by atoms with Gasteiger partial charge in [0.2, 0.25) is 0 Å². The molecular weight excluding hydrogens is 228 g/mol. The van der Waals surface area contributed by atoms with Crippen molar-refractivity contribution in [2.24, 2.45) is 5.10 Å². The molecule has 0 saturated carbocycles. The van der Waals surface area contributed by atoms with Crippen LogP contribution in [0, 0.1) is 0 Å². The summed E-state index contributed by atoms with van der Waals surface area (Å²) in [4.78, 5) is 17.0. The molecule has 5 heteroatoms. The largest absolute Gasteiger partial charge is 0.327 e. The van der Waals surface area contributed by atoms with Gasteiger partial charge in [0.1, 0.15) is 0 Å². The van der Waals surface area contributed by atoms with Gasteiger partial charge in [0, 0.05) is 18.0 Å². The van der Waals surface area contributed by atoms with E-state index in [0.717, 1.165) is 18.7 Å². The smallest absolute Gasteiger partial charge is 0.295 e. The lowest BCUT2D eigenvalue weighted by atomic mass is 10.1. The van der Waals surface area contributed by atoms with Gasteiger partial charge in [-0.25, -0.2) is 5.43 Å². The average Bonchev–Trinajstić information content (AvgIpc) is 2.41. The number of carbonyl (C=O) groups excluding carboxylic acids is 1. The summed E-state index contributed by atoms with van der Waals surface area (Å²) >= 11 is 0. The number of hydrazone groups is 1. The molecule has 5 nitrogen and oxygen atoms in total. The Balaban J connectivity index is 1.72. The lowest BCUT2D eigenvalue weighted by Crippen LogP contribution is -3.13. The zero-order valence-corrected chi connectivity index (χ0v) is 10.4. The molecule has 96 valence electrons. The fraction of sp³-hybridized carbons (Fsp3) is 0.462. The Morgan fingerprint density at radius 2 is 2.28 bits per heavy atom. The lowest BCUT2D eigenvalue weighted by Gasteiger charge is -2.22. The van der Waals surface area contributed by atoms with Crippen molar-refractivity contribution in [1.29, 1.82) is 0 Å². The van der Waals surface area contributed by atoms with Crippen LogP contribution >= 0.6 is 0 Å². The first-order chi connectivity index (χ1) is 8.84. The molecule has 1 aliphatic heterocycles. The minimum Gasteiger partial charge on any atom is -0.327 e. The van der Waals surface area contributed by atoms with E-state index in [2.05, 4.69) is 15.5 Å². The molecule has 0 atom stereocenters. The summed E-state index contributed by atoms with van der Waals surface area (Å²) in [5.41, 5.74) is 3.44. The number of carbonyl (C=O) groups is 1. The van der Waals surface area contributed by atoms with Crippen molar-refractivity contribution in [2.75, 3.05) is 19.6 Å². The number of rotatable bonds is 4. The summed E-state index contributed by atoms with van der Waals surface area (Å²) in [5.74, 6) is -0.0213. The first kappa shape index (κ1) is 12.7. The van der Waals surface area contributed by atoms with Crippen LogP contribution in [-0.4, -0.2) is 36.7 Å². The van der Waals surface area contributed by atoms with Gasteiger partial charge < -0.3 is 4.90 Å². The number of piperidine rings is 1. The minimum atomic E-state index is -0.0213. The van der Waals surface area contributed by atoms with Gasteiger partial charge in [0.15, 0.2) is 6.54 Å². The fourth-order valence-electron chi connectivity index (χ4n) is 2.13. The van der Waals surface area contributed by atoms with E-state index >= 15 is 0 Å². The third-order valence-electron chi connectivity index (χ3n) is 3.06. The Bertz CT molecular complexity index is 399. The Labute approximate surface area is 107 Å². The summed E-state index contributed by atoms with van der Waals surface area (Å²) < 4.78 is 0. The number of hydrogen-bond donors (Lipinski definition) is 2. The van der Waals surface area contributed by atoms with Crippen LogP contribution < -0.4 is 10.3 Å². The van der Waals surface area contributed by atoms with Crippen molar-refractivity contribution in [1.82, 2.24) is 10.4 Å². The summed E-state index contributed by atoms with van der Waals surface area (Å²) in [6.07, 6.45) is 8.75. The van der Waals surface area contributed by atoms with Crippen LogP contribution in [0.2, 0.25) is 0 Å². The number of pyridine rings is 1. The first-order valence-corrected chi connectivity index (χ1v) is 6.40. The highest BCUT2D eigenvalue weighted by molar-refractivity contribution is 5.82. The lowest BCUT2D eigenvalue weighted by molar-refractivity contribution is -0.896. The third-order valence-corrected chi connectivity index (χ3v) is 3.06. The molecule has 2 N–H and O–H groups in total. The quantitative estimate of drug-likeness (QED) is 0.562. The predicted molar refractivity (Wildman–Crippen MR) is 69.4 cm³/mol. The van der Waals surface area contributed by atoms with E-state index in [4.69, 9.17) is 0 Å². The van der Waals surface area contributed by atoms with Crippen molar-refractivity contribution in [2.45, 2.75) is 19.3 Å². The molecule has 0 unspecified atom stereocenters. The topological polar surface area (TPSA) is 58.8 Å². The summed E-state index contributed by atoms with van der Waals surface area (Å²) in [7, 11) is 0. The van der Waals surface area contributed by atoms with Gasteiger partial charge in [-0.15, -0.1) is 0 Å². The molecule has 2 heterocycles. The molecule has 1 aromatic rings. The predicted octanol–water partition coefficient (Wildman–Crippen LogP) is -0.399. The highest BCUT2D eigenvalue weighted by Gasteiger charge is 2.16. The SMILES string of the molecule is O=C(C[NH+]1CCCCC1)NN=Cc1cccnc1. The van der Waals surface area contributed by atoms with Gasteiger partial charge in [0.05, 0.1) is 19.3 Å². The minimum absolute atomic E-state index is 0.0213. The normalized spacial score (nSPS) is 16.9. The maximum atomic E-state index is 11.6. The van der Waals surface area contributed by atoms with E-state index in [0.29, 0.717) is 6.54 Å². The Hall–Kier alpha value is -1.75. The van der Waals surface area contributed by atoms with E-state index in [1.807, 2.05) is 12.1 Å². The van der Waals surface area contributed by atoms with Crippen LogP contribution in [0.4, 0.5) is 0 Å². The fourth-order valence-corrected chi connectivity index (χ4v) is 2.13. The Kier molecular flexibility index (Phi) is 4.84. The van der Waals surface area contributed by atoms with Crippen molar-refractivity contribution in [3.05, 3.63) is 30.1 Å². The number of nitrogens with one attached hydrogen (secondary N) is 2. The molecule has 0 radical (unpaired) electrons. The second-order valence-electron chi connectivity index (χ2n) is 4.57. The number of hydrogen-bond acceptors (Lipinski definition) is 3. The van der Waals surface area contributed by atoms with E-state index in [-0.39, 0.29) is 5.91 Å². The van der Waals surface area contributed by atoms with Crippen molar-refractivity contribution in [3.63, 3.8) is 0 Å². The maximum absolute atomic E-state index is 11.6. The van der Waals surface area contributed by atoms with Gasteiger partial charge >= 0.3 is 0 Å². The highest BCUT2D eigenvalue weighted by Crippen LogP contribution is 1.94. The third kappa shape index (κ3) is 4.25. The van der Waals surface area contributed by atoms with Gasteiger partial charge in [-0.05, 0) is 25.3 Å². The van der Waals surface area contributed by atoms with Crippen molar-refractivity contribution >= 4 is 12.1 Å². The molecule has 18 heavy (non-hydrogen) atoms. The molecule has 0 aliphatic carbocycles. The van der Waals surface area contributed by atoms with E-state index < -0.39 is 0 Å². The number of amides is 1. The van der Waals surface area contributed by atoms with Crippen LogP contribution in [0.15, 0.2) is 29.6 Å². The molecule has 1 aromatic heterocycles. The molecule has 0 aromatic carbocycles. The van der Waals surface area contributed by atoms with Gasteiger partial charge in [-0.1, -0.05) is 6.07 Å². The molecule has 0 bridgehead atoms. The summed E-state index contributed by atoms with van der Waals surface area (Å²) in [5, 5.41) is 3.93. The molecule has 1 fully saturated rings. The van der Waals surface area contributed by atoms with Crippen LogP contribution in [-0.2, 0) is 4.79 Å². The standard InChI is InChI=1S/C13H18N4O/c18-13(11-17-7-2-1-3-8-17)16-15-10-12-5-4-6-14-9-12/h4-6,9-10H,1-3,7-8,11H2,(H,16,18)/p+1. The highest BCUT2D eigenvalue weighted by atomic mass is 16.2. The average molecular weight is 247 g/mol. The molecule has 2 rings (SSSR count). The number of likely N-dealkylation sites (tertiary alicyclic amines) is 1.